The van der Waals surface area contributed by atoms with Crippen LogP contribution in [0.25, 0.3) is 0 Å². The third-order valence-corrected chi connectivity index (χ3v) is 6.32. The molecule has 2 aliphatic rings. The van der Waals surface area contributed by atoms with Crippen LogP contribution in [0.5, 0.6) is 0 Å². The van der Waals surface area contributed by atoms with Gasteiger partial charge in [-0.15, -0.1) is 11.3 Å². The largest absolute Gasteiger partial charge is 0.371 e. The van der Waals surface area contributed by atoms with Crippen LogP contribution in [-0.2, 0) is 6.54 Å². The molecule has 25 heavy (non-hydrogen) atoms. The van der Waals surface area contributed by atoms with Gasteiger partial charge in [0.15, 0.2) is 0 Å². The minimum Gasteiger partial charge on any atom is -0.371 e. The van der Waals surface area contributed by atoms with Crippen LogP contribution in [0.1, 0.15) is 17.8 Å². The van der Waals surface area contributed by atoms with Gasteiger partial charge in [-0.3, -0.25) is 4.99 Å². The molecular weight excluding hydrogens is 377 g/mol. The van der Waals surface area contributed by atoms with Crippen molar-refractivity contribution in [3.05, 3.63) is 38.8 Å². The molecule has 4 rings (SSSR count). The van der Waals surface area contributed by atoms with Crippen molar-refractivity contribution in [2.24, 2.45) is 4.99 Å². The van der Waals surface area contributed by atoms with E-state index in [2.05, 4.69) is 27.6 Å². The number of rotatable bonds is 2. The lowest BCUT2D eigenvalue weighted by atomic mass is 9.84. The van der Waals surface area contributed by atoms with Crippen LogP contribution in [0.4, 0.5) is 11.4 Å². The van der Waals surface area contributed by atoms with E-state index in [9.17, 15) is 0 Å². The van der Waals surface area contributed by atoms with Crippen molar-refractivity contribution in [3.63, 3.8) is 0 Å². The summed E-state index contributed by atoms with van der Waals surface area (Å²) in [6.07, 6.45) is 3.77. The van der Waals surface area contributed by atoms with E-state index in [-0.39, 0.29) is 5.54 Å². The second kappa shape index (κ2) is 6.76. The summed E-state index contributed by atoms with van der Waals surface area (Å²) in [5.41, 5.74) is 1.69. The maximum absolute atomic E-state index is 6.22. The molecule has 0 amide bonds. The van der Waals surface area contributed by atoms with Crippen LogP contribution in [0.15, 0.2) is 28.7 Å². The smallest absolute Gasteiger partial charge is 0.127 e. The summed E-state index contributed by atoms with van der Waals surface area (Å²) in [4.78, 5) is 11.6. The number of benzene rings is 1. The number of anilines is 2. The molecule has 1 fully saturated rings. The minimum atomic E-state index is -0.200. The van der Waals surface area contributed by atoms with E-state index < -0.39 is 0 Å². The van der Waals surface area contributed by atoms with Gasteiger partial charge < -0.3 is 15.5 Å². The standard InChI is InChI=1S/C17H19Cl2N5S/c1-24-5-2-17(3-6-24)16(21-10-15-20-4-7-25-15)22-13-8-11(18)12(19)9-14(13)23-17/h4,7-9,23H,2-3,5-6,10H2,1H3,(H,21,22). The van der Waals surface area contributed by atoms with Gasteiger partial charge in [-0.1, -0.05) is 23.2 Å². The maximum atomic E-state index is 6.22. The molecule has 5 nitrogen and oxygen atoms in total. The van der Waals surface area contributed by atoms with Crippen molar-refractivity contribution in [1.82, 2.24) is 9.88 Å². The second-order valence-corrected chi connectivity index (χ2v) is 8.33. The predicted octanol–water partition coefficient (Wildman–Crippen LogP) is 4.35. The highest BCUT2D eigenvalue weighted by Crippen LogP contribution is 2.40. The summed E-state index contributed by atoms with van der Waals surface area (Å²) in [7, 11) is 2.15. The number of amidine groups is 1. The monoisotopic (exact) mass is 395 g/mol. The molecule has 0 saturated carbocycles. The maximum Gasteiger partial charge on any atom is 0.127 e. The van der Waals surface area contributed by atoms with Crippen molar-refractivity contribution < 1.29 is 0 Å². The Labute approximate surface area is 161 Å². The quantitative estimate of drug-likeness (QED) is 0.793. The number of piperidine rings is 1. The Morgan fingerprint density at radius 1 is 1.24 bits per heavy atom. The number of fused-ring (bicyclic) bond motifs is 1. The number of nitrogens with zero attached hydrogens (tertiary/aromatic N) is 3. The lowest BCUT2D eigenvalue weighted by Gasteiger charge is -2.46. The summed E-state index contributed by atoms with van der Waals surface area (Å²) < 4.78 is 0. The Morgan fingerprint density at radius 2 is 1.96 bits per heavy atom. The fourth-order valence-corrected chi connectivity index (χ4v) is 4.22. The van der Waals surface area contributed by atoms with Crippen molar-refractivity contribution in [1.29, 1.82) is 0 Å². The summed E-state index contributed by atoms with van der Waals surface area (Å²) in [6.45, 7) is 2.61. The number of aliphatic imine (C=N–C) groups is 1. The molecule has 2 aromatic rings. The number of hydrogen-bond donors (Lipinski definition) is 2. The Balaban J connectivity index is 1.70. The number of likely N-dealkylation sites (tertiary alicyclic amines) is 1. The van der Waals surface area contributed by atoms with E-state index in [0.29, 0.717) is 16.6 Å². The van der Waals surface area contributed by atoms with Gasteiger partial charge in [0.2, 0.25) is 0 Å². The molecular formula is C17H19Cl2N5S. The molecule has 8 heteroatoms. The summed E-state index contributed by atoms with van der Waals surface area (Å²) >= 11 is 14.0. The fourth-order valence-electron chi connectivity index (χ4n) is 3.35. The van der Waals surface area contributed by atoms with Gasteiger partial charge in [-0.2, -0.15) is 0 Å². The molecule has 0 unspecified atom stereocenters. The van der Waals surface area contributed by atoms with E-state index in [4.69, 9.17) is 28.2 Å². The van der Waals surface area contributed by atoms with Crippen LogP contribution < -0.4 is 10.6 Å². The SMILES string of the molecule is CN1CCC2(CC1)Nc1cc(Cl)c(Cl)cc1NC2=NCc1nccs1. The van der Waals surface area contributed by atoms with Gasteiger partial charge in [-0.25, -0.2) is 4.98 Å². The van der Waals surface area contributed by atoms with Gasteiger partial charge in [0.05, 0.1) is 33.5 Å². The molecule has 0 aliphatic carbocycles. The van der Waals surface area contributed by atoms with Crippen LogP contribution in [0, 0.1) is 0 Å². The third-order valence-electron chi connectivity index (χ3n) is 4.84. The van der Waals surface area contributed by atoms with Crippen molar-refractivity contribution >= 4 is 51.7 Å². The van der Waals surface area contributed by atoms with Gasteiger partial charge >= 0.3 is 0 Å². The molecule has 0 bridgehead atoms. The number of hydrogen-bond acceptors (Lipinski definition) is 5. The Hall–Kier alpha value is -1.34. The lowest BCUT2D eigenvalue weighted by molar-refractivity contribution is 0.240. The van der Waals surface area contributed by atoms with Crippen molar-refractivity contribution in [2.75, 3.05) is 30.8 Å². The first-order valence-electron chi connectivity index (χ1n) is 8.22. The van der Waals surface area contributed by atoms with Crippen molar-refractivity contribution in [2.45, 2.75) is 24.9 Å². The zero-order valence-corrected chi connectivity index (χ0v) is 16.2. The number of thiazole rings is 1. The number of nitrogens with one attached hydrogen (secondary N) is 2. The van der Waals surface area contributed by atoms with Gasteiger partial charge in [0.25, 0.3) is 0 Å². The Bertz CT molecular complexity index is 798. The third kappa shape index (κ3) is 3.36. The predicted molar refractivity (Wildman–Crippen MR) is 106 cm³/mol. The molecule has 2 N–H and O–H groups in total. The summed E-state index contributed by atoms with van der Waals surface area (Å²) in [5, 5.41) is 11.3. The molecule has 0 atom stereocenters. The molecule has 2 aliphatic heterocycles. The zero-order chi connectivity index (χ0) is 17.4. The van der Waals surface area contributed by atoms with Gasteiger partial charge in [0, 0.05) is 24.7 Å². The first kappa shape index (κ1) is 17.1. The molecule has 0 radical (unpaired) electrons. The van der Waals surface area contributed by atoms with Gasteiger partial charge in [-0.05, 0) is 32.0 Å². The van der Waals surface area contributed by atoms with E-state index in [1.165, 1.54) is 0 Å². The highest BCUT2D eigenvalue weighted by Gasteiger charge is 2.42. The van der Waals surface area contributed by atoms with Crippen molar-refractivity contribution in [3.8, 4) is 0 Å². The molecule has 1 aromatic carbocycles. The Kier molecular flexibility index (Phi) is 4.62. The molecule has 1 spiro atoms. The van der Waals surface area contributed by atoms with E-state index >= 15 is 0 Å². The average molecular weight is 396 g/mol. The lowest BCUT2D eigenvalue weighted by Crippen LogP contribution is -2.58. The highest BCUT2D eigenvalue weighted by molar-refractivity contribution is 7.09. The van der Waals surface area contributed by atoms with Gasteiger partial charge in [0.1, 0.15) is 10.8 Å². The fraction of sp³-hybridized carbons (Fsp3) is 0.412. The first-order chi connectivity index (χ1) is 12.1. The van der Waals surface area contributed by atoms with E-state index in [1.54, 1.807) is 11.3 Å². The molecule has 1 aromatic heterocycles. The number of halogens is 2. The summed E-state index contributed by atoms with van der Waals surface area (Å²) in [6, 6.07) is 3.75. The highest BCUT2D eigenvalue weighted by atomic mass is 35.5. The molecule has 3 heterocycles. The summed E-state index contributed by atoms with van der Waals surface area (Å²) in [5.74, 6) is 0.960. The Morgan fingerprint density at radius 3 is 2.64 bits per heavy atom. The van der Waals surface area contributed by atoms with Crippen LogP contribution >= 0.6 is 34.5 Å². The first-order valence-corrected chi connectivity index (χ1v) is 9.85. The van der Waals surface area contributed by atoms with E-state index in [0.717, 1.165) is 48.1 Å². The van der Waals surface area contributed by atoms with Crippen LogP contribution in [0.3, 0.4) is 0 Å². The average Bonchev–Trinajstić information content (AvgIpc) is 3.11. The molecule has 132 valence electrons. The molecule has 1 saturated heterocycles. The van der Waals surface area contributed by atoms with E-state index in [1.807, 2.05) is 23.7 Å². The van der Waals surface area contributed by atoms with Crippen LogP contribution in [0.2, 0.25) is 10.0 Å². The minimum absolute atomic E-state index is 0.200. The van der Waals surface area contributed by atoms with Crippen LogP contribution in [-0.4, -0.2) is 41.4 Å². The zero-order valence-electron chi connectivity index (χ0n) is 13.9. The normalized spacial score (nSPS) is 21.0. The number of aromatic nitrogens is 1. The topological polar surface area (TPSA) is 52.5 Å². The second-order valence-electron chi connectivity index (χ2n) is 6.54.